The molecule has 0 bridgehead atoms. The number of aromatic nitrogens is 2. The van der Waals surface area contributed by atoms with Gasteiger partial charge in [-0.05, 0) is 31.2 Å². The molecule has 114 valence electrons. The van der Waals surface area contributed by atoms with Gasteiger partial charge in [0, 0.05) is 6.07 Å². The normalized spacial score (nSPS) is 12.3. The lowest BCUT2D eigenvalue weighted by Gasteiger charge is -2.08. The minimum absolute atomic E-state index is 0.231. The summed E-state index contributed by atoms with van der Waals surface area (Å²) in [4.78, 5) is -0.257. The Balaban J connectivity index is 2.47. The van der Waals surface area contributed by atoms with Crippen LogP contribution in [0.2, 0.25) is 0 Å². The van der Waals surface area contributed by atoms with Gasteiger partial charge >= 0.3 is 0 Å². The largest absolute Gasteiger partial charge is 0.294 e. The van der Waals surface area contributed by atoms with Crippen LogP contribution >= 0.6 is 0 Å². The number of hydrogen-bond donors (Lipinski definition) is 2. The Morgan fingerprint density at radius 2 is 1.71 bits per heavy atom. The fourth-order valence-corrected chi connectivity index (χ4v) is 2.72. The van der Waals surface area contributed by atoms with Crippen LogP contribution in [0, 0.1) is 6.92 Å². The minimum Gasteiger partial charge on any atom is -0.282 e. The molecule has 0 aliphatic carbocycles. The molecular weight excluding hydrogens is 318 g/mol. The zero-order valence-corrected chi connectivity index (χ0v) is 12.8. The van der Waals surface area contributed by atoms with Crippen molar-refractivity contribution in [3.05, 3.63) is 36.0 Å². The lowest BCUT2D eigenvalue weighted by molar-refractivity contribution is 0.483. The van der Waals surface area contributed by atoms with Gasteiger partial charge in [-0.25, -0.2) is 13.1 Å². The molecular formula is C11H13N3O5S2. The Morgan fingerprint density at radius 3 is 2.19 bits per heavy atom. The first-order valence-corrected chi connectivity index (χ1v) is 9.02. The van der Waals surface area contributed by atoms with Crippen molar-refractivity contribution in [3.63, 3.8) is 0 Å². The molecule has 10 heteroatoms. The molecule has 0 radical (unpaired) electrons. The van der Waals surface area contributed by atoms with Gasteiger partial charge in [-0.3, -0.25) is 9.27 Å². The van der Waals surface area contributed by atoms with Crippen LogP contribution in [0.4, 0.5) is 5.82 Å². The topological polar surface area (TPSA) is 118 Å². The van der Waals surface area contributed by atoms with E-state index in [1.165, 1.54) is 35.0 Å². The van der Waals surface area contributed by atoms with Crippen LogP contribution in [0.3, 0.4) is 0 Å². The SMILES string of the molecule is Cc1cc(NS(C)(=O)=O)n(-c2ccc(S(=O)(=O)O)cc2)n1. The highest BCUT2D eigenvalue weighted by Crippen LogP contribution is 2.19. The molecule has 2 aromatic rings. The number of nitrogens with zero attached hydrogens (tertiary/aromatic N) is 2. The number of sulfonamides is 1. The predicted molar refractivity (Wildman–Crippen MR) is 76.6 cm³/mol. The summed E-state index contributed by atoms with van der Waals surface area (Å²) in [6.45, 7) is 1.69. The molecule has 21 heavy (non-hydrogen) atoms. The Morgan fingerprint density at radius 1 is 1.14 bits per heavy atom. The van der Waals surface area contributed by atoms with Gasteiger partial charge in [-0.2, -0.15) is 13.5 Å². The first kappa shape index (κ1) is 15.5. The fraction of sp³-hybridized carbons (Fsp3) is 0.182. The van der Waals surface area contributed by atoms with Crippen molar-refractivity contribution in [2.45, 2.75) is 11.8 Å². The standard InChI is InChI=1S/C11H13N3O5S2/c1-8-7-11(13-20(2,15)16)14(12-8)9-3-5-10(6-4-9)21(17,18)19/h3-7,13H,1-2H3,(H,17,18,19). The fourth-order valence-electron chi connectivity index (χ4n) is 1.72. The zero-order chi connectivity index (χ0) is 15.8. The average molecular weight is 331 g/mol. The van der Waals surface area contributed by atoms with Crippen LogP contribution in [0.5, 0.6) is 0 Å². The molecule has 0 aliphatic rings. The average Bonchev–Trinajstić information content (AvgIpc) is 2.67. The van der Waals surface area contributed by atoms with Gasteiger partial charge in [0.15, 0.2) is 0 Å². The number of nitrogens with one attached hydrogen (secondary N) is 1. The van der Waals surface area contributed by atoms with Crippen molar-refractivity contribution < 1.29 is 21.4 Å². The van der Waals surface area contributed by atoms with E-state index in [2.05, 4.69) is 9.82 Å². The molecule has 0 saturated heterocycles. The van der Waals surface area contributed by atoms with Crippen LogP contribution in [0.15, 0.2) is 35.2 Å². The van der Waals surface area contributed by atoms with Crippen LogP contribution < -0.4 is 4.72 Å². The zero-order valence-electron chi connectivity index (χ0n) is 11.2. The van der Waals surface area contributed by atoms with E-state index in [1.807, 2.05) is 0 Å². The van der Waals surface area contributed by atoms with Crippen LogP contribution in [0.25, 0.3) is 5.69 Å². The van der Waals surface area contributed by atoms with Crippen molar-refractivity contribution >= 4 is 26.0 Å². The molecule has 1 aromatic heterocycles. The van der Waals surface area contributed by atoms with E-state index in [9.17, 15) is 16.8 Å². The quantitative estimate of drug-likeness (QED) is 0.800. The van der Waals surface area contributed by atoms with E-state index in [4.69, 9.17) is 4.55 Å². The summed E-state index contributed by atoms with van der Waals surface area (Å²) >= 11 is 0. The first-order chi connectivity index (χ1) is 9.56. The van der Waals surface area contributed by atoms with Gasteiger partial charge in [-0.1, -0.05) is 0 Å². The van der Waals surface area contributed by atoms with Crippen molar-refractivity contribution in [3.8, 4) is 5.69 Å². The summed E-state index contributed by atoms with van der Waals surface area (Å²) in [6, 6.07) is 6.75. The number of aryl methyl sites for hydroxylation is 1. The highest BCUT2D eigenvalue weighted by atomic mass is 32.2. The maximum atomic E-state index is 11.3. The number of benzene rings is 1. The lowest BCUT2D eigenvalue weighted by Crippen LogP contribution is -2.13. The monoisotopic (exact) mass is 331 g/mol. The van der Waals surface area contributed by atoms with E-state index in [0.29, 0.717) is 11.4 Å². The molecule has 0 aliphatic heterocycles. The van der Waals surface area contributed by atoms with Crippen LogP contribution in [-0.4, -0.2) is 37.4 Å². The highest BCUT2D eigenvalue weighted by molar-refractivity contribution is 7.92. The molecule has 0 amide bonds. The predicted octanol–water partition coefficient (Wildman–Crippen LogP) is 0.799. The summed E-state index contributed by atoms with van der Waals surface area (Å²) in [6.07, 6.45) is 1.01. The van der Waals surface area contributed by atoms with Gasteiger partial charge in [0.05, 0.1) is 22.5 Å². The first-order valence-electron chi connectivity index (χ1n) is 5.69. The van der Waals surface area contributed by atoms with Gasteiger partial charge in [-0.15, -0.1) is 0 Å². The molecule has 0 spiro atoms. The molecule has 0 atom stereocenters. The summed E-state index contributed by atoms with van der Waals surface area (Å²) in [5.74, 6) is 0.231. The maximum Gasteiger partial charge on any atom is 0.294 e. The van der Waals surface area contributed by atoms with Gasteiger partial charge in [0.2, 0.25) is 10.0 Å². The molecule has 1 heterocycles. The molecule has 0 saturated carbocycles. The Hall–Kier alpha value is -1.91. The highest BCUT2D eigenvalue weighted by Gasteiger charge is 2.13. The Kier molecular flexibility index (Phi) is 3.78. The van der Waals surface area contributed by atoms with Gasteiger partial charge < -0.3 is 0 Å². The van der Waals surface area contributed by atoms with Gasteiger partial charge in [0.1, 0.15) is 5.82 Å². The maximum absolute atomic E-state index is 11.3. The van der Waals surface area contributed by atoms with E-state index >= 15 is 0 Å². The van der Waals surface area contributed by atoms with Crippen molar-refractivity contribution in [2.24, 2.45) is 0 Å². The molecule has 0 fully saturated rings. The number of anilines is 1. The van der Waals surface area contributed by atoms with Crippen molar-refractivity contribution in [1.82, 2.24) is 9.78 Å². The third kappa shape index (κ3) is 3.80. The third-order valence-electron chi connectivity index (χ3n) is 2.50. The Bertz CT molecular complexity index is 867. The second-order valence-corrected chi connectivity index (χ2v) is 7.60. The van der Waals surface area contributed by atoms with Crippen molar-refractivity contribution in [1.29, 1.82) is 0 Å². The second kappa shape index (κ2) is 5.13. The second-order valence-electron chi connectivity index (χ2n) is 4.43. The number of hydrogen-bond acceptors (Lipinski definition) is 5. The van der Waals surface area contributed by atoms with Crippen LogP contribution in [0.1, 0.15) is 5.69 Å². The lowest BCUT2D eigenvalue weighted by atomic mass is 10.3. The molecule has 0 unspecified atom stereocenters. The van der Waals surface area contributed by atoms with Crippen molar-refractivity contribution in [2.75, 3.05) is 11.0 Å². The molecule has 1 aromatic carbocycles. The smallest absolute Gasteiger partial charge is 0.282 e. The summed E-state index contributed by atoms with van der Waals surface area (Å²) in [5, 5.41) is 4.13. The molecule has 2 N–H and O–H groups in total. The molecule has 8 nitrogen and oxygen atoms in total. The molecule has 2 rings (SSSR count). The third-order valence-corrected chi connectivity index (χ3v) is 3.95. The van der Waals surface area contributed by atoms with E-state index in [0.717, 1.165) is 6.26 Å². The van der Waals surface area contributed by atoms with E-state index in [-0.39, 0.29) is 10.7 Å². The summed E-state index contributed by atoms with van der Waals surface area (Å²) in [5.41, 5.74) is 1.03. The minimum atomic E-state index is -4.28. The van der Waals surface area contributed by atoms with Crippen LogP contribution in [-0.2, 0) is 20.1 Å². The summed E-state index contributed by atoms with van der Waals surface area (Å²) < 4.78 is 57.2. The Labute approximate surface area is 122 Å². The van der Waals surface area contributed by atoms with E-state index in [1.54, 1.807) is 6.92 Å². The number of rotatable bonds is 4. The van der Waals surface area contributed by atoms with Gasteiger partial charge in [0.25, 0.3) is 10.1 Å². The van der Waals surface area contributed by atoms with E-state index < -0.39 is 20.1 Å². The summed E-state index contributed by atoms with van der Waals surface area (Å²) in [7, 11) is -7.75.